The molecule has 33 heavy (non-hydrogen) atoms. The van der Waals surface area contributed by atoms with Crippen LogP contribution in [0.3, 0.4) is 0 Å². The van der Waals surface area contributed by atoms with Gasteiger partial charge in [-0.05, 0) is 47.7 Å². The van der Waals surface area contributed by atoms with Gasteiger partial charge in [-0.3, -0.25) is 14.5 Å². The Morgan fingerprint density at radius 3 is 2.70 bits per heavy atom. The van der Waals surface area contributed by atoms with Crippen LogP contribution in [0.5, 0.6) is 11.5 Å². The molecule has 0 atom stereocenters. The summed E-state index contributed by atoms with van der Waals surface area (Å²) >= 11 is 6.65. The Labute approximate surface area is 203 Å². The van der Waals surface area contributed by atoms with Crippen molar-refractivity contribution >= 4 is 46.2 Å². The fourth-order valence-corrected chi connectivity index (χ4v) is 4.92. The van der Waals surface area contributed by atoms with Gasteiger partial charge in [0.2, 0.25) is 12.7 Å². The number of thiocarbonyl (C=S) groups is 1. The molecule has 2 aliphatic heterocycles. The highest BCUT2D eigenvalue weighted by Gasteiger charge is 2.31. The van der Waals surface area contributed by atoms with E-state index >= 15 is 0 Å². The lowest BCUT2D eigenvalue weighted by Crippen LogP contribution is -2.37. The summed E-state index contributed by atoms with van der Waals surface area (Å²) in [5.74, 6) is 1.14. The zero-order valence-electron chi connectivity index (χ0n) is 18.5. The van der Waals surface area contributed by atoms with Gasteiger partial charge in [0.15, 0.2) is 11.5 Å². The predicted octanol–water partition coefficient (Wildman–Crippen LogP) is 4.32. The number of amides is 2. The third kappa shape index (κ3) is 5.94. The van der Waals surface area contributed by atoms with Gasteiger partial charge >= 0.3 is 0 Å². The van der Waals surface area contributed by atoms with E-state index in [2.05, 4.69) is 24.4 Å². The van der Waals surface area contributed by atoms with Crippen molar-refractivity contribution in [3.05, 3.63) is 64.1 Å². The van der Waals surface area contributed by atoms with Gasteiger partial charge < -0.3 is 14.8 Å². The quantitative estimate of drug-likeness (QED) is 0.424. The number of carbonyl (C=O) groups is 2. The summed E-state index contributed by atoms with van der Waals surface area (Å²) in [4.78, 5) is 27.2. The standard InChI is InChI=1S/C25H26N2O4S2/c1-2-3-4-17-5-7-18(8-6-17)15-23(28)26-11-12-27-24(29)22(33-25(27)32)14-19-9-10-20-21(13-19)31-16-30-20/h5-10,13-14H,2-4,11-12,15-16H2,1H3,(H,26,28)/b22-14-. The molecule has 2 aromatic carbocycles. The third-order valence-electron chi connectivity index (χ3n) is 5.43. The molecule has 1 saturated heterocycles. The van der Waals surface area contributed by atoms with E-state index in [9.17, 15) is 9.59 Å². The Kier molecular flexibility index (Phi) is 7.67. The Morgan fingerprint density at radius 2 is 1.91 bits per heavy atom. The summed E-state index contributed by atoms with van der Waals surface area (Å²) in [6.45, 7) is 3.06. The molecule has 0 aliphatic carbocycles. The SMILES string of the molecule is CCCCc1ccc(CC(=O)NCCN2C(=O)/C(=C/c3ccc4c(c3)OCO4)SC2=S)cc1. The Balaban J connectivity index is 1.26. The number of nitrogens with zero attached hydrogens (tertiary/aromatic N) is 1. The number of fused-ring (bicyclic) bond motifs is 1. The van der Waals surface area contributed by atoms with Crippen molar-refractivity contribution in [2.24, 2.45) is 0 Å². The number of ether oxygens (including phenoxy) is 2. The summed E-state index contributed by atoms with van der Waals surface area (Å²) in [7, 11) is 0. The smallest absolute Gasteiger partial charge is 0.266 e. The number of hydrogen-bond donors (Lipinski definition) is 1. The largest absolute Gasteiger partial charge is 0.454 e. The minimum atomic E-state index is -0.153. The molecule has 2 aliphatic rings. The molecule has 1 N–H and O–H groups in total. The summed E-state index contributed by atoms with van der Waals surface area (Å²) in [6.07, 6.45) is 5.51. The second-order valence-electron chi connectivity index (χ2n) is 7.89. The summed E-state index contributed by atoms with van der Waals surface area (Å²) in [6, 6.07) is 13.7. The van der Waals surface area contributed by atoms with Crippen LogP contribution in [0.4, 0.5) is 0 Å². The Hall–Kier alpha value is -2.84. The number of unbranched alkanes of at least 4 members (excludes halogenated alkanes) is 1. The van der Waals surface area contributed by atoms with Gasteiger partial charge in [-0.2, -0.15) is 0 Å². The van der Waals surface area contributed by atoms with E-state index in [1.165, 1.54) is 35.1 Å². The number of nitrogens with one attached hydrogen (secondary N) is 1. The first kappa shape index (κ1) is 23.3. The van der Waals surface area contributed by atoms with Crippen molar-refractivity contribution in [3.63, 3.8) is 0 Å². The minimum Gasteiger partial charge on any atom is -0.454 e. The van der Waals surface area contributed by atoms with Crippen LogP contribution >= 0.6 is 24.0 Å². The maximum atomic E-state index is 12.8. The van der Waals surface area contributed by atoms with Crippen LogP contribution in [-0.2, 0) is 22.4 Å². The van der Waals surface area contributed by atoms with E-state index in [1.807, 2.05) is 30.3 Å². The van der Waals surface area contributed by atoms with E-state index in [0.29, 0.717) is 40.2 Å². The van der Waals surface area contributed by atoms with Gasteiger partial charge in [-0.15, -0.1) is 0 Å². The monoisotopic (exact) mass is 482 g/mol. The first-order valence-corrected chi connectivity index (χ1v) is 12.3. The van der Waals surface area contributed by atoms with Crippen LogP contribution < -0.4 is 14.8 Å². The number of rotatable bonds is 9. The number of aryl methyl sites for hydroxylation is 1. The lowest BCUT2D eigenvalue weighted by Gasteiger charge is -2.15. The van der Waals surface area contributed by atoms with Crippen LogP contribution in [0, 0.1) is 0 Å². The van der Waals surface area contributed by atoms with E-state index in [0.717, 1.165) is 17.5 Å². The molecule has 0 unspecified atom stereocenters. The number of thioether (sulfide) groups is 1. The number of benzene rings is 2. The fraction of sp³-hybridized carbons (Fsp3) is 0.320. The van der Waals surface area contributed by atoms with Gasteiger partial charge in [-0.1, -0.05) is 67.7 Å². The molecule has 0 radical (unpaired) electrons. The Morgan fingerprint density at radius 1 is 1.15 bits per heavy atom. The maximum absolute atomic E-state index is 12.8. The fourth-order valence-electron chi connectivity index (χ4n) is 3.61. The maximum Gasteiger partial charge on any atom is 0.266 e. The van der Waals surface area contributed by atoms with Crippen LogP contribution in [0.2, 0.25) is 0 Å². The van der Waals surface area contributed by atoms with E-state index in [-0.39, 0.29) is 18.6 Å². The molecular formula is C25H26N2O4S2. The zero-order chi connectivity index (χ0) is 23.2. The predicted molar refractivity (Wildman–Crippen MR) is 134 cm³/mol. The topological polar surface area (TPSA) is 67.9 Å². The molecule has 0 spiro atoms. The van der Waals surface area contributed by atoms with E-state index < -0.39 is 0 Å². The van der Waals surface area contributed by atoms with Gasteiger partial charge in [-0.25, -0.2) is 0 Å². The van der Waals surface area contributed by atoms with Crippen LogP contribution in [-0.4, -0.2) is 40.9 Å². The molecule has 0 saturated carbocycles. The molecule has 0 aromatic heterocycles. The normalized spacial score (nSPS) is 16.0. The average molecular weight is 483 g/mol. The average Bonchev–Trinajstić information content (AvgIpc) is 3.38. The molecule has 2 heterocycles. The third-order valence-corrected chi connectivity index (χ3v) is 6.81. The molecule has 2 aromatic rings. The van der Waals surface area contributed by atoms with Crippen LogP contribution in [0.25, 0.3) is 6.08 Å². The van der Waals surface area contributed by atoms with Gasteiger partial charge in [0.25, 0.3) is 5.91 Å². The second-order valence-corrected chi connectivity index (χ2v) is 9.57. The van der Waals surface area contributed by atoms with Crippen molar-refractivity contribution in [2.45, 2.75) is 32.6 Å². The number of carbonyl (C=O) groups excluding carboxylic acids is 2. The van der Waals surface area contributed by atoms with E-state index in [4.69, 9.17) is 21.7 Å². The zero-order valence-corrected chi connectivity index (χ0v) is 20.1. The van der Waals surface area contributed by atoms with Crippen LogP contribution in [0.1, 0.15) is 36.5 Å². The van der Waals surface area contributed by atoms with Crippen molar-refractivity contribution in [1.82, 2.24) is 10.2 Å². The molecule has 4 rings (SSSR count). The van der Waals surface area contributed by atoms with Crippen molar-refractivity contribution < 1.29 is 19.1 Å². The van der Waals surface area contributed by atoms with Crippen molar-refractivity contribution in [3.8, 4) is 11.5 Å². The molecule has 0 bridgehead atoms. The summed E-state index contributed by atoms with van der Waals surface area (Å²) in [5, 5.41) is 2.89. The molecular weight excluding hydrogens is 456 g/mol. The van der Waals surface area contributed by atoms with Crippen molar-refractivity contribution in [2.75, 3.05) is 19.9 Å². The van der Waals surface area contributed by atoms with Gasteiger partial charge in [0, 0.05) is 13.1 Å². The van der Waals surface area contributed by atoms with Gasteiger partial charge in [0.05, 0.1) is 11.3 Å². The minimum absolute atomic E-state index is 0.0716. The lowest BCUT2D eigenvalue weighted by molar-refractivity contribution is -0.123. The number of hydrogen-bond acceptors (Lipinski definition) is 6. The molecule has 8 heteroatoms. The molecule has 6 nitrogen and oxygen atoms in total. The lowest BCUT2D eigenvalue weighted by atomic mass is 10.0. The molecule has 172 valence electrons. The Bertz CT molecular complexity index is 1080. The van der Waals surface area contributed by atoms with E-state index in [1.54, 1.807) is 6.08 Å². The van der Waals surface area contributed by atoms with Crippen molar-refractivity contribution in [1.29, 1.82) is 0 Å². The van der Waals surface area contributed by atoms with Crippen LogP contribution in [0.15, 0.2) is 47.4 Å². The summed E-state index contributed by atoms with van der Waals surface area (Å²) in [5.41, 5.74) is 3.11. The molecule has 2 amide bonds. The van der Waals surface area contributed by atoms with Gasteiger partial charge in [0.1, 0.15) is 4.32 Å². The second kappa shape index (κ2) is 10.9. The summed E-state index contributed by atoms with van der Waals surface area (Å²) < 4.78 is 11.2. The molecule has 1 fully saturated rings. The highest BCUT2D eigenvalue weighted by Crippen LogP contribution is 2.36. The first-order chi connectivity index (χ1) is 16.0. The highest BCUT2D eigenvalue weighted by atomic mass is 32.2. The first-order valence-electron chi connectivity index (χ1n) is 11.0. The highest BCUT2D eigenvalue weighted by molar-refractivity contribution is 8.26.